The predicted molar refractivity (Wildman–Crippen MR) is 33.9 cm³/mol. The number of hydrogen-bond donors (Lipinski definition) is 0. The Balaban J connectivity index is 1.99. The van der Waals surface area contributed by atoms with E-state index in [2.05, 4.69) is 0 Å². The molecular weight excluding hydrogens is 128 g/mol. The first-order valence-corrected chi connectivity index (χ1v) is 3.88. The smallest absolute Gasteiger partial charge is 0.309 e. The summed E-state index contributed by atoms with van der Waals surface area (Å²) >= 11 is 0. The molecular formula is C8H9O2. The van der Waals surface area contributed by atoms with Gasteiger partial charge in [-0.25, -0.2) is 0 Å². The molecule has 1 heterocycles. The topological polar surface area (TPSA) is 26.3 Å². The summed E-state index contributed by atoms with van der Waals surface area (Å²) in [5.41, 5.74) is 0. The van der Waals surface area contributed by atoms with Crippen molar-refractivity contribution < 1.29 is 9.53 Å². The van der Waals surface area contributed by atoms with Crippen molar-refractivity contribution in [1.82, 2.24) is 0 Å². The minimum Gasteiger partial charge on any atom is -0.465 e. The summed E-state index contributed by atoms with van der Waals surface area (Å²) in [7, 11) is 0. The number of carbonyl (C=O) groups is 1. The van der Waals surface area contributed by atoms with Gasteiger partial charge in [-0.15, -0.1) is 0 Å². The first-order chi connectivity index (χ1) is 4.86. The van der Waals surface area contributed by atoms with Gasteiger partial charge in [-0.05, 0) is 24.7 Å². The zero-order chi connectivity index (χ0) is 6.72. The van der Waals surface area contributed by atoms with Gasteiger partial charge in [0.05, 0.1) is 12.5 Å². The second-order valence-corrected chi connectivity index (χ2v) is 3.56. The number of esters is 1. The van der Waals surface area contributed by atoms with Crippen molar-refractivity contribution in [3.8, 4) is 0 Å². The Labute approximate surface area is 59.6 Å². The van der Waals surface area contributed by atoms with Crippen LogP contribution in [-0.4, -0.2) is 12.6 Å². The molecule has 4 bridgehead atoms. The summed E-state index contributed by atoms with van der Waals surface area (Å²) in [6.07, 6.45) is 2.37. The van der Waals surface area contributed by atoms with Gasteiger partial charge in [0.25, 0.3) is 0 Å². The Morgan fingerprint density at radius 1 is 1.30 bits per heavy atom. The summed E-state index contributed by atoms with van der Waals surface area (Å²) in [4.78, 5) is 11.1. The molecule has 4 rings (SSSR count). The zero-order valence-corrected chi connectivity index (χ0v) is 5.67. The number of ether oxygens (including phenoxy) is 1. The molecule has 1 radical (unpaired) electrons. The van der Waals surface area contributed by atoms with Gasteiger partial charge in [-0.1, -0.05) is 0 Å². The van der Waals surface area contributed by atoms with Crippen molar-refractivity contribution >= 4 is 5.97 Å². The molecule has 1 saturated heterocycles. The van der Waals surface area contributed by atoms with E-state index in [1.165, 1.54) is 12.3 Å². The lowest BCUT2D eigenvalue weighted by atomic mass is 9.70. The van der Waals surface area contributed by atoms with Crippen molar-refractivity contribution in [3.05, 3.63) is 5.92 Å². The van der Waals surface area contributed by atoms with Crippen molar-refractivity contribution in [2.75, 3.05) is 6.61 Å². The van der Waals surface area contributed by atoms with E-state index in [1.54, 1.807) is 0 Å². The summed E-state index contributed by atoms with van der Waals surface area (Å²) in [6.45, 7) is 0.644. The van der Waals surface area contributed by atoms with Crippen LogP contribution in [0.25, 0.3) is 0 Å². The van der Waals surface area contributed by atoms with Gasteiger partial charge in [0.2, 0.25) is 0 Å². The molecule has 0 N–H and O–H groups in total. The third kappa shape index (κ3) is 0.386. The largest absolute Gasteiger partial charge is 0.465 e. The van der Waals surface area contributed by atoms with Crippen LogP contribution in [-0.2, 0) is 9.53 Å². The van der Waals surface area contributed by atoms with Crippen molar-refractivity contribution in [2.24, 2.45) is 17.8 Å². The molecule has 2 heteroatoms. The molecule has 3 atom stereocenters. The van der Waals surface area contributed by atoms with Gasteiger partial charge >= 0.3 is 5.97 Å². The molecule has 3 saturated carbocycles. The normalized spacial score (nSPS) is 50.4. The summed E-state index contributed by atoms with van der Waals surface area (Å²) in [6, 6.07) is 0. The van der Waals surface area contributed by atoms with Crippen LogP contribution in [0, 0.1) is 23.7 Å². The molecule has 3 unspecified atom stereocenters. The van der Waals surface area contributed by atoms with E-state index in [1.807, 2.05) is 0 Å². The van der Waals surface area contributed by atoms with Gasteiger partial charge in [-0.3, -0.25) is 4.79 Å². The van der Waals surface area contributed by atoms with Crippen LogP contribution in [0.3, 0.4) is 0 Å². The lowest BCUT2D eigenvalue weighted by molar-refractivity contribution is -0.152. The number of hydrogen-bond acceptors (Lipinski definition) is 2. The van der Waals surface area contributed by atoms with Gasteiger partial charge in [0.1, 0.15) is 0 Å². The fourth-order valence-corrected chi connectivity index (χ4v) is 2.64. The highest BCUT2D eigenvalue weighted by Crippen LogP contribution is 2.60. The Hall–Kier alpha value is -0.530. The zero-order valence-electron chi connectivity index (χ0n) is 5.67. The molecule has 2 nitrogen and oxygen atoms in total. The Morgan fingerprint density at radius 3 is 2.90 bits per heavy atom. The summed E-state index contributed by atoms with van der Waals surface area (Å²) in [5, 5.41) is 0. The number of carbonyl (C=O) groups excluding carboxylic acids is 1. The van der Waals surface area contributed by atoms with E-state index in [0.29, 0.717) is 12.5 Å². The van der Waals surface area contributed by atoms with E-state index in [4.69, 9.17) is 4.74 Å². The highest BCUT2D eigenvalue weighted by Gasteiger charge is 2.59. The Bertz CT molecular complexity index is 199. The van der Waals surface area contributed by atoms with E-state index in [9.17, 15) is 4.79 Å². The van der Waals surface area contributed by atoms with E-state index < -0.39 is 0 Å². The van der Waals surface area contributed by atoms with Gasteiger partial charge in [0.15, 0.2) is 0 Å². The van der Waals surface area contributed by atoms with Crippen LogP contribution in [0.4, 0.5) is 0 Å². The van der Waals surface area contributed by atoms with E-state index >= 15 is 0 Å². The molecule has 53 valence electrons. The average molecular weight is 137 g/mol. The molecule has 0 spiro atoms. The molecule has 0 amide bonds. The maximum absolute atomic E-state index is 11.1. The summed E-state index contributed by atoms with van der Waals surface area (Å²) in [5.74, 6) is 3.28. The number of cyclic esters (lactones) is 1. The molecule has 4 aliphatic rings. The maximum atomic E-state index is 11.1. The fraction of sp³-hybridized carbons (Fsp3) is 0.750. The number of rotatable bonds is 0. The predicted octanol–water partition coefficient (Wildman–Crippen LogP) is 0.774. The Morgan fingerprint density at radius 2 is 2.10 bits per heavy atom. The van der Waals surface area contributed by atoms with Crippen molar-refractivity contribution in [1.29, 1.82) is 0 Å². The van der Waals surface area contributed by atoms with Crippen molar-refractivity contribution in [2.45, 2.75) is 12.8 Å². The van der Waals surface area contributed by atoms with Crippen molar-refractivity contribution in [3.63, 3.8) is 0 Å². The first kappa shape index (κ1) is 5.16. The Kier molecular flexibility index (Phi) is 0.715. The van der Waals surface area contributed by atoms with Crippen LogP contribution >= 0.6 is 0 Å². The second kappa shape index (κ2) is 1.39. The molecule has 0 aromatic rings. The third-order valence-corrected chi connectivity index (χ3v) is 3.25. The fourth-order valence-electron chi connectivity index (χ4n) is 2.64. The minimum atomic E-state index is 0.0637. The van der Waals surface area contributed by atoms with Crippen LogP contribution in [0.2, 0.25) is 0 Å². The lowest BCUT2D eigenvalue weighted by Gasteiger charge is -2.38. The van der Waals surface area contributed by atoms with Gasteiger partial charge in [0, 0.05) is 5.92 Å². The summed E-state index contributed by atoms with van der Waals surface area (Å²) < 4.78 is 4.99. The second-order valence-electron chi connectivity index (χ2n) is 3.56. The molecule has 3 aliphatic carbocycles. The van der Waals surface area contributed by atoms with E-state index in [0.717, 1.165) is 12.3 Å². The van der Waals surface area contributed by atoms with E-state index in [-0.39, 0.29) is 11.9 Å². The first-order valence-electron chi connectivity index (χ1n) is 3.88. The van der Waals surface area contributed by atoms with Gasteiger partial charge in [-0.2, -0.15) is 0 Å². The SMILES string of the molecule is O=C1OC[C]2C3CC2C1C3. The molecule has 0 aromatic heterocycles. The quantitative estimate of drug-likeness (QED) is 0.461. The van der Waals surface area contributed by atoms with Crippen LogP contribution in [0.15, 0.2) is 0 Å². The molecule has 0 aromatic carbocycles. The lowest BCUT2D eigenvalue weighted by Crippen LogP contribution is -2.38. The minimum absolute atomic E-state index is 0.0637. The van der Waals surface area contributed by atoms with Crippen LogP contribution in [0.5, 0.6) is 0 Å². The molecule has 10 heavy (non-hydrogen) atoms. The average Bonchev–Trinajstić information content (AvgIpc) is 2.37. The molecule has 4 fully saturated rings. The highest BCUT2D eigenvalue weighted by atomic mass is 16.5. The standard InChI is InChI=1S/C8H9O2/c9-8-6-2-4-1-5(6)7(4)3-10-8/h4-6H,1-3H2. The molecule has 1 aliphatic heterocycles. The van der Waals surface area contributed by atoms with Crippen LogP contribution < -0.4 is 0 Å². The monoisotopic (exact) mass is 137 g/mol. The third-order valence-electron chi connectivity index (χ3n) is 3.25. The van der Waals surface area contributed by atoms with Crippen LogP contribution in [0.1, 0.15) is 12.8 Å². The maximum Gasteiger partial charge on any atom is 0.309 e. The highest BCUT2D eigenvalue weighted by molar-refractivity contribution is 5.76. The van der Waals surface area contributed by atoms with Gasteiger partial charge < -0.3 is 4.74 Å².